The molecule has 1 atom stereocenters. The lowest BCUT2D eigenvalue weighted by atomic mass is 10.1. The first-order valence-electron chi connectivity index (χ1n) is 3.36. The maximum absolute atomic E-state index is 10.7. The summed E-state index contributed by atoms with van der Waals surface area (Å²) in [5.74, 6) is -0.556. The smallest absolute Gasteiger partial charge is 0.142 e. The molecule has 4 heteroatoms. The molecule has 0 amide bonds. The molecule has 0 aliphatic heterocycles. The number of ketones is 2. The zero-order chi connectivity index (χ0) is 8.85. The molecular weight excluding hydrogens is 148 g/mol. The Bertz CT molecular complexity index is 153. The van der Waals surface area contributed by atoms with E-state index in [-0.39, 0.29) is 24.4 Å². The van der Waals surface area contributed by atoms with Gasteiger partial charge in [0.05, 0.1) is 19.1 Å². The molecule has 11 heavy (non-hydrogen) atoms. The van der Waals surface area contributed by atoms with Crippen molar-refractivity contribution in [3.63, 3.8) is 0 Å². The van der Waals surface area contributed by atoms with Crippen molar-refractivity contribution in [2.45, 2.75) is 25.9 Å². The van der Waals surface area contributed by atoms with Crippen LogP contribution in [-0.2, 0) is 9.59 Å². The summed E-state index contributed by atoms with van der Waals surface area (Å²) in [5.41, 5.74) is 0. The minimum atomic E-state index is -1.03. The lowest BCUT2D eigenvalue weighted by Crippen LogP contribution is -2.18. The van der Waals surface area contributed by atoms with E-state index in [2.05, 4.69) is 0 Å². The van der Waals surface area contributed by atoms with Gasteiger partial charge in [-0.1, -0.05) is 0 Å². The number of aliphatic hydroxyl groups excluding tert-OH is 2. The molecule has 0 heterocycles. The van der Waals surface area contributed by atoms with Crippen molar-refractivity contribution in [1.29, 1.82) is 0 Å². The van der Waals surface area contributed by atoms with Crippen molar-refractivity contribution in [3.8, 4) is 0 Å². The van der Waals surface area contributed by atoms with Crippen molar-refractivity contribution in [1.82, 2.24) is 0 Å². The van der Waals surface area contributed by atoms with Crippen LogP contribution in [0.15, 0.2) is 0 Å². The van der Waals surface area contributed by atoms with Crippen LogP contribution >= 0.6 is 0 Å². The van der Waals surface area contributed by atoms with Crippen molar-refractivity contribution in [2.24, 2.45) is 0 Å². The minimum Gasteiger partial charge on any atom is -0.394 e. The van der Waals surface area contributed by atoms with Crippen molar-refractivity contribution in [3.05, 3.63) is 0 Å². The third kappa shape index (κ3) is 5.69. The highest BCUT2D eigenvalue weighted by molar-refractivity contribution is 5.98. The van der Waals surface area contributed by atoms with Gasteiger partial charge < -0.3 is 10.2 Å². The largest absolute Gasteiger partial charge is 0.394 e. The predicted molar refractivity (Wildman–Crippen MR) is 38.0 cm³/mol. The van der Waals surface area contributed by atoms with E-state index in [9.17, 15) is 9.59 Å². The molecule has 4 nitrogen and oxygen atoms in total. The molecule has 0 saturated carbocycles. The molecule has 2 N–H and O–H groups in total. The maximum Gasteiger partial charge on any atom is 0.142 e. The van der Waals surface area contributed by atoms with E-state index in [0.717, 1.165) is 0 Å². The molecule has 64 valence electrons. The molecule has 0 aromatic rings. The standard InChI is InChI=1S/C7H12O4/c1-5(9)2-6(10)3-7(11)4-8/h7-8,11H,2-4H2,1H3. The average molecular weight is 160 g/mol. The van der Waals surface area contributed by atoms with Gasteiger partial charge in [-0.25, -0.2) is 0 Å². The second-order valence-electron chi connectivity index (χ2n) is 2.46. The van der Waals surface area contributed by atoms with Crippen LogP contribution in [0.5, 0.6) is 0 Å². The summed E-state index contributed by atoms with van der Waals surface area (Å²) < 4.78 is 0. The van der Waals surface area contributed by atoms with Gasteiger partial charge in [0.1, 0.15) is 11.6 Å². The molecule has 0 aliphatic rings. The quantitative estimate of drug-likeness (QED) is 0.520. The van der Waals surface area contributed by atoms with E-state index >= 15 is 0 Å². The van der Waals surface area contributed by atoms with E-state index in [1.807, 2.05) is 0 Å². The lowest BCUT2D eigenvalue weighted by Gasteiger charge is -2.03. The second-order valence-corrected chi connectivity index (χ2v) is 2.46. The number of rotatable bonds is 5. The monoisotopic (exact) mass is 160 g/mol. The summed E-state index contributed by atoms with van der Waals surface area (Å²) in [5, 5.41) is 17.1. The predicted octanol–water partition coefficient (Wildman–Crippen LogP) is -0.722. The Morgan fingerprint density at radius 1 is 1.45 bits per heavy atom. The van der Waals surface area contributed by atoms with Gasteiger partial charge >= 0.3 is 0 Å². The highest BCUT2D eigenvalue weighted by atomic mass is 16.3. The number of carbonyl (C=O) groups is 2. The molecule has 0 rings (SSSR count). The average Bonchev–Trinajstić information content (AvgIpc) is 1.85. The highest BCUT2D eigenvalue weighted by Gasteiger charge is 2.10. The number of aliphatic hydroxyl groups is 2. The Hall–Kier alpha value is -0.740. The van der Waals surface area contributed by atoms with Crippen LogP contribution in [0.25, 0.3) is 0 Å². The third-order valence-corrected chi connectivity index (χ3v) is 1.12. The zero-order valence-corrected chi connectivity index (χ0v) is 6.41. The summed E-state index contributed by atoms with van der Waals surface area (Å²) in [6, 6.07) is 0. The van der Waals surface area contributed by atoms with Crippen LogP contribution in [0.4, 0.5) is 0 Å². The van der Waals surface area contributed by atoms with Gasteiger partial charge in [0.25, 0.3) is 0 Å². The molecule has 1 unspecified atom stereocenters. The Labute approximate surface area is 64.8 Å². The van der Waals surface area contributed by atoms with Crippen LogP contribution < -0.4 is 0 Å². The van der Waals surface area contributed by atoms with Gasteiger partial charge in [-0.3, -0.25) is 9.59 Å². The van der Waals surface area contributed by atoms with Crippen LogP contribution in [0, 0.1) is 0 Å². The molecule has 0 bridgehead atoms. The van der Waals surface area contributed by atoms with Crippen LogP contribution in [-0.4, -0.2) is 34.5 Å². The number of hydrogen-bond donors (Lipinski definition) is 2. The van der Waals surface area contributed by atoms with Crippen LogP contribution in [0.2, 0.25) is 0 Å². The van der Waals surface area contributed by atoms with Gasteiger partial charge in [-0.05, 0) is 6.92 Å². The third-order valence-electron chi connectivity index (χ3n) is 1.12. The maximum atomic E-state index is 10.7. The summed E-state index contributed by atoms with van der Waals surface area (Å²) in [6.45, 7) is 0.868. The van der Waals surface area contributed by atoms with Gasteiger partial charge in [-0.2, -0.15) is 0 Å². The Kier molecular flexibility index (Phi) is 4.65. The van der Waals surface area contributed by atoms with Crippen LogP contribution in [0.1, 0.15) is 19.8 Å². The molecule has 0 radical (unpaired) electrons. The lowest BCUT2D eigenvalue weighted by molar-refractivity contribution is -0.127. The summed E-state index contributed by atoms with van der Waals surface area (Å²) >= 11 is 0. The zero-order valence-electron chi connectivity index (χ0n) is 6.41. The van der Waals surface area contributed by atoms with E-state index in [1.54, 1.807) is 0 Å². The van der Waals surface area contributed by atoms with Gasteiger partial charge in [0, 0.05) is 6.42 Å². The van der Waals surface area contributed by atoms with Crippen molar-refractivity contribution >= 4 is 11.6 Å². The molecule has 0 fully saturated rings. The van der Waals surface area contributed by atoms with Crippen molar-refractivity contribution < 1.29 is 19.8 Å². The van der Waals surface area contributed by atoms with Crippen molar-refractivity contribution in [2.75, 3.05) is 6.61 Å². The summed E-state index contributed by atoms with van der Waals surface area (Å²) in [4.78, 5) is 21.1. The van der Waals surface area contributed by atoms with E-state index in [4.69, 9.17) is 10.2 Å². The molecule has 0 aromatic carbocycles. The normalized spacial score (nSPS) is 12.6. The topological polar surface area (TPSA) is 74.6 Å². The van der Waals surface area contributed by atoms with Crippen LogP contribution in [0.3, 0.4) is 0 Å². The fourth-order valence-corrected chi connectivity index (χ4v) is 0.677. The summed E-state index contributed by atoms with van der Waals surface area (Å²) in [6.07, 6.45) is -1.32. The van der Waals surface area contributed by atoms with E-state index in [0.29, 0.717) is 0 Å². The van der Waals surface area contributed by atoms with E-state index in [1.165, 1.54) is 6.92 Å². The first kappa shape index (κ1) is 10.3. The Morgan fingerprint density at radius 3 is 2.36 bits per heavy atom. The number of hydrogen-bond acceptors (Lipinski definition) is 4. The Balaban J connectivity index is 3.60. The van der Waals surface area contributed by atoms with Gasteiger partial charge in [0.2, 0.25) is 0 Å². The minimum absolute atomic E-state index is 0.143. The fraction of sp³-hybridized carbons (Fsp3) is 0.714. The second kappa shape index (κ2) is 4.98. The highest BCUT2D eigenvalue weighted by Crippen LogP contribution is 1.96. The fourth-order valence-electron chi connectivity index (χ4n) is 0.677. The number of Topliss-reactive ketones (excluding diaryl/α,β-unsaturated/α-hetero) is 2. The molecule has 0 aliphatic carbocycles. The van der Waals surface area contributed by atoms with Gasteiger partial charge in [-0.15, -0.1) is 0 Å². The SMILES string of the molecule is CC(=O)CC(=O)CC(O)CO. The molecule has 0 spiro atoms. The first-order valence-corrected chi connectivity index (χ1v) is 3.36. The van der Waals surface area contributed by atoms with E-state index < -0.39 is 12.7 Å². The number of carbonyl (C=O) groups excluding carboxylic acids is 2. The molecule has 0 saturated heterocycles. The van der Waals surface area contributed by atoms with Gasteiger partial charge in [0.15, 0.2) is 0 Å². The molecular formula is C7H12O4. The summed E-state index contributed by atoms with van der Waals surface area (Å²) in [7, 11) is 0. The molecule has 0 aromatic heterocycles. The first-order chi connectivity index (χ1) is 5.06. The Morgan fingerprint density at radius 2 is 2.00 bits per heavy atom.